The molecular formula is C31H32N8O3. The fraction of sp³-hybridized carbons (Fsp3) is 0.323. The van der Waals surface area contributed by atoms with Gasteiger partial charge in [-0.05, 0) is 66.8 Å². The highest BCUT2D eigenvalue weighted by Crippen LogP contribution is 2.34. The van der Waals surface area contributed by atoms with Gasteiger partial charge in [0.05, 0.1) is 0 Å². The zero-order valence-electron chi connectivity index (χ0n) is 28.8. The molecule has 2 aromatic carbocycles. The Labute approximate surface area is 251 Å². The van der Waals surface area contributed by atoms with E-state index in [0.717, 1.165) is 18.4 Å². The number of carbonyl (C=O) groups is 2. The average Bonchev–Trinajstić information content (AvgIpc) is 3.66. The first-order valence-electron chi connectivity index (χ1n) is 16.6. The number of likely N-dealkylation sites (tertiary alicyclic amines) is 1. The highest BCUT2D eigenvalue weighted by atomic mass is 16.3. The largest absolute Gasteiger partial charge is 0.436 e. The molecule has 6 rings (SSSR count). The van der Waals surface area contributed by atoms with E-state index >= 15 is 0 Å². The minimum absolute atomic E-state index is 0.108. The van der Waals surface area contributed by atoms with Crippen LogP contribution in [-0.2, 0) is 4.79 Å². The molecule has 3 aromatic heterocycles. The number of nitrogens with zero attached hydrogens (tertiary/aromatic N) is 7. The van der Waals surface area contributed by atoms with Crippen molar-refractivity contribution in [1.29, 1.82) is 0 Å². The van der Waals surface area contributed by atoms with Gasteiger partial charge < -0.3 is 14.6 Å². The van der Waals surface area contributed by atoms with Gasteiger partial charge in [0.1, 0.15) is 17.3 Å². The Hall–Kier alpha value is -4.93. The number of oxazole rings is 1. The minimum Gasteiger partial charge on any atom is -0.436 e. The number of tetrazole rings is 1. The van der Waals surface area contributed by atoms with Crippen molar-refractivity contribution in [2.45, 2.75) is 39.5 Å². The molecule has 0 saturated carbocycles. The van der Waals surface area contributed by atoms with Crippen molar-refractivity contribution in [2.75, 3.05) is 18.4 Å². The Morgan fingerprint density at radius 1 is 1.07 bits per heavy atom. The lowest BCUT2D eigenvalue weighted by Crippen LogP contribution is -2.41. The molecule has 0 radical (unpaired) electrons. The zero-order chi connectivity index (χ0) is 34.2. The molecular weight excluding hydrogens is 532 g/mol. The van der Waals surface area contributed by atoms with Gasteiger partial charge in [0.2, 0.25) is 11.8 Å². The fourth-order valence-electron chi connectivity index (χ4n) is 5.26. The number of aromatic nitrogens is 6. The number of hydrogen-bond acceptors (Lipinski definition) is 8. The summed E-state index contributed by atoms with van der Waals surface area (Å²) in [5, 5.41) is 15.2. The lowest BCUT2D eigenvalue weighted by atomic mass is 9.85. The van der Waals surface area contributed by atoms with E-state index < -0.39 is 25.5 Å². The van der Waals surface area contributed by atoms with E-state index in [1.807, 2.05) is 18.2 Å². The van der Waals surface area contributed by atoms with Crippen molar-refractivity contribution >= 4 is 28.6 Å². The summed E-state index contributed by atoms with van der Waals surface area (Å²) in [5.74, 6) is -2.59. The molecule has 1 atom stereocenters. The zero-order valence-corrected chi connectivity index (χ0v) is 22.8. The second kappa shape index (κ2) is 11.5. The summed E-state index contributed by atoms with van der Waals surface area (Å²) >= 11 is 0. The predicted molar refractivity (Wildman–Crippen MR) is 156 cm³/mol. The number of rotatable bonds is 7. The molecule has 2 amide bonds. The van der Waals surface area contributed by atoms with Crippen molar-refractivity contribution in [3.63, 3.8) is 0 Å². The molecule has 5 aromatic rings. The number of fused-ring (bicyclic) bond motifs is 1. The third-order valence-electron chi connectivity index (χ3n) is 7.33. The average molecular weight is 571 g/mol. The van der Waals surface area contributed by atoms with Crippen LogP contribution in [0.1, 0.15) is 62.7 Å². The Bertz CT molecular complexity index is 1920. The normalized spacial score (nSPS) is 17.5. The maximum atomic E-state index is 13.6. The Morgan fingerprint density at radius 3 is 2.62 bits per heavy atom. The number of piperidine rings is 1. The number of benzene rings is 2. The number of amides is 2. The lowest BCUT2D eigenvalue weighted by molar-refractivity contribution is -0.118. The molecule has 11 heteroatoms. The van der Waals surface area contributed by atoms with Gasteiger partial charge in [0.15, 0.2) is 11.4 Å². The van der Waals surface area contributed by atoms with Gasteiger partial charge >= 0.3 is 0 Å². The maximum absolute atomic E-state index is 13.6. The van der Waals surface area contributed by atoms with Crippen LogP contribution in [0.2, 0.25) is 0 Å². The van der Waals surface area contributed by atoms with Crippen LogP contribution in [0.15, 0.2) is 71.3 Å². The summed E-state index contributed by atoms with van der Waals surface area (Å²) < 4.78 is 51.0. The van der Waals surface area contributed by atoms with Crippen LogP contribution in [0, 0.1) is 18.8 Å². The topological polar surface area (TPSA) is 132 Å². The van der Waals surface area contributed by atoms with Crippen molar-refractivity contribution in [3.05, 3.63) is 83.9 Å². The summed E-state index contributed by atoms with van der Waals surface area (Å²) in [6.07, 6.45) is 2.97. The number of carbonyl (C=O) groups excluding carboxylic acids is 2. The smallest absolute Gasteiger partial charge is 0.272 e. The third-order valence-corrected chi connectivity index (χ3v) is 7.33. The van der Waals surface area contributed by atoms with E-state index in [1.165, 1.54) is 24.4 Å². The van der Waals surface area contributed by atoms with Gasteiger partial charge in [-0.1, -0.05) is 44.0 Å². The molecule has 1 N–H and O–H groups in total. The molecule has 1 saturated heterocycles. The van der Waals surface area contributed by atoms with Crippen LogP contribution >= 0.6 is 0 Å². The molecule has 0 spiro atoms. The summed E-state index contributed by atoms with van der Waals surface area (Å²) in [6, 6.07) is 17.6. The molecule has 4 heterocycles. The Morgan fingerprint density at radius 2 is 1.88 bits per heavy atom. The monoisotopic (exact) mass is 570 g/mol. The predicted octanol–water partition coefficient (Wildman–Crippen LogP) is 4.92. The van der Waals surface area contributed by atoms with Crippen molar-refractivity contribution in [1.82, 2.24) is 35.1 Å². The quantitative estimate of drug-likeness (QED) is 0.292. The third kappa shape index (κ3) is 5.63. The summed E-state index contributed by atoms with van der Waals surface area (Å²) in [5.41, 5.74) is 2.67. The van der Waals surface area contributed by atoms with Gasteiger partial charge in [0, 0.05) is 44.7 Å². The van der Waals surface area contributed by atoms with E-state index in [0.29, 0.717) is 35.6 Å². The number of aryl methyl sites for hydroxylation is 1. The van der Waals surface area contributed by atoms with Gasteiger partial charge in [-0.15, -0.1) is 10.2 Å². The van der Waals surface area contributed by atoms with E-state index in [1.54, 1.807) is 28.8 Å². The maximum Gasteiger partial charge on any atom is 0.272 e. The highest BCUT2D eigenvalue weighted by molar-refractivity contribution is 5.95. The summed E-state index contributed by atoms with van der Waals surface area (Å²) in [4.78, 5) is 38.5. The van der Waals surface area contributed by atoms with Crippen LogP contribution < -0.4 is 5.32 Å². The molecule has 214 valence electrons. The molecule has 1 aliphatic rings. The number of pyridine rings is 1. The van der Waals surface area contributed by atoms with Crippen molar-refractivity contribution in [2.24, 2.45) is 11.8 Å². The number of anilines is 1. The molecule has 42 heavy (non-hydrogen) atoms. The molecule has 1 aliphatic heterocycles. The van der Waals surface area contributed by atoms with Crippen LogP contribution in [0.3, 0.4) is 0 Å². The first kappa shape index (κ1) is 20.9. The SMILES string of the molecule is [2H]C([2H])([2H])C(C(=O)Nc1ccc2oc(-c3ccnc(C(=O)N4CCC(C(c5ccccc5)n5nnc(C)n5)CC4)c3)nc2c1)C([2H])([2H])[2H]. The fourth-order valence-corrected chi connectivity index (χ4v) is 5.26. The van der Waals surface area contributed by atoms with E-state index in [4.69, 9.17) is 12.6 Å². The van der Waals surface area contributed by atoms with Gasteiger partial charge in [-0.3, -0.25) is 14.6 Å². The molecule has 0 aliphatic carbocycles. The molecule has 11 nitrogen and oxygen atoms in total. The van der Waals surface area contributed by atoms with E-state index in [2.05, 4.69) is 42.8 Å². The minimum atomic E-state index is -3.02. The summed E-state index contributed by atoms with van der Waals surface area (Å²) in [6.45, 7) is -3.20. The van der Waals surface area contributed by atoms with Crippen LogP contribution in [0.4, 0.5) is 5.69 Å². The molecule has 0 bridgehead atoms. The van der Waals surface area contributed by atoms with E-state index in [9.17, 15) is 9.59 Å². The number of nitrogens with one attached hydrogen (secondary N) is 1. The first-order chi connectivity index (χ1) is 22.8. The van der Waals surface area contributed by atoms with Crippen LogP contribution in [0.5, 0.6) is 0 Å². The van der Waals surface area contributed by atoms with Gasteiger partial charge in [-0.2, -0.15) is 4.80 Å². The molecule has 1 fully saturated rings. The van der Waals surface area contributed by atoms with Crippen molar-refractivity contribution in [3.8, 4) is 11.5 Å². The van der Waals surface area contributed by atoms with Crippen molar-refractivity contribution < 1.29 is 22.2 Å². The van der Waals surface area contributed by atoms with Gasteiger partial charge in [0.25, 0.3) is 5.91 Å². The standard InChI is InChI=1S/C31H32N8O3/c1-19(2)29(40)33-24-9-10-27-25(18-24)34-30(42-27)23-11-14-32-26(17-23)31(41)38-15-12-22(13-16-38)28(21-7-5-4-6-8-21)39-36-20(3)35-37-39/h4-11,14,17-19,22,28H,12-13,15-16H2,1-3H3,(H,33,40)/i1D3,2D3. The highest BCUT2D eigenvalue weighted by Gasteiger charge is 2.32. The second-order valence-corrected chi connectivity index (χ2v) is 10.2. The second-order valence-electron chi connectivity index (χ2n) is 10.2. The van der Waals surface area contributed by atoms with Gasteiger partial charge in [-0.25, -0.2) is 4.98 Å². The summed E-state index contributed by atoms with van der Waals surface area (Å²) in [7, 11) is 0. The lowest BCUT2D eigenvalue weighted by Gasteiger charge is -2.35. The Kier molecular flexibility index (Phi) is 5.72. The van der Waals surface area contributed by atoms with Crippen LogP contribution in [-0.4, -0.2) is 60.0 Å². The first-order valence-corrected chi connectivity index (χ1v) is 13.6. The van der Waals surface area contributed by atoms with Crippen LogP contribution in [0.25, 0.3) is 22.6 Å². The Balaban J connectivity index is 1.15. The number of hydrogen-bond donors (Lipinski definition) is 1. The molecule has 1 unspecified atom stereocenters. The van der Waals surface area contributed by atoms with E-state index in [-0.39, 0.29) is 35.1 Å².